The molecule has 1 aromatic heterocycles. The van der Waals surface area contributed by atoms with Gasteiger partial charge in [0.15, 0.2) is 5.69 Å². The average Bonchev–Trinajstić information content (AvgIpc) is 3.19. The smallest absolute Gasteiger partial charge is 0.490 e. The summed E-state index contributed by atoms with van der Waals surface area (Å²) < 4.78 is 11.4. The van der Waals surface area contributed by atoms with Crippen molar-refractivity contribution in [3.8, 4) is 16.9 Å². The van der Waals surface area contributed by atoms with Crippen LogP contribution in [0.5, 0.6) is 5.75 Å². The number of anilines is 1. The fourth-order valence-electron chi connectivity index (χ4n) is 4.34. The van der Waals surface area contributed by atoms with Gasteiger partial charge in [-0.2, -0.15) is 0 Å². The molecule has 3 N–H and O–H groups in total. The first-order chi connectivity index (χ1) is 18.1. The summed E-state index contributed by atoms with van der Waals surface area (Å²) in [5.41, 5.74) is 6.44. The molecular formula is C29H32N3NaO6. The van der Waals surface area contributed by atoms with Crippen LogP contribution in [0.2, 0.25) is 0 Å². The largest absolute Gasteiger partial charge is 1.00 e. The monoisotopic (exact) mass is 541 g/mol. The van der Waals surface area contributed by atoms with E-state index in [1.54, 1.807) is 0 Å². The molecular weight excluding hydrogens is 509 g/mol. The molecule has 0 fully saturated rings. The Bertz CT molecular complexity index is 1510. The van der Waals surface area contributed by atoms with Crippen LogP contribution >= 0.6 is 0 Å². The zero-order valence-electron chi connectivity index (χ0n) is 22.9. The predicted octanol–water partition coefficient (Wildman–Crippen LogP) is 0.137. The average molecular weight is 542 g/mol. The number of benzene rings is 3. The Labute approximate surface area is 248 Å². The van der Waals surface area contributed by atoms with Gasteiger partial charge in [0.05, 0.1) is 6.61 Å². The summed E-state index contributed by atoms with van der Waals surface area (Å²) in [6, 6.07) is 17.7. The molecule has 0 radical (unpaired) electrons. The molecule has 0 aliphatic carbocycles. The van der Waals surface area contributed by atoms with Gasteiger partial charge in [-0.1, -0.05) is 30.3 Å². The van der Waals surface area contributed by atoms with Crippen molar-refractivity contribution in [3.05, 3.63) is 103 Å². The van der Waals surface area contributed by atoms with Gasteiger partial charge < -0.3 is 29.8 Å². The molecule has 200 valence electrons. The predicted molar refractivity (Wildman–Crippen MR) is 145 cm³/mol. The van der Waals surface area contributed by atoms with E-state index in [2.05, 4.69) is 29.4 Å². The number of ether oxygens (including phenoxy) is 1. The molecule has 9 nitrogen and oxygen atoms in total. The first kappa shape index (κ1) is 30.5. The molecule has 0 spiro atoms. The van der Waals surface area contributed by atoms with Crippen LogP contribution in [0.3, 0.4) is 0 Å². The van der Waals surface area contributed by atoms with Gasteiger partial charge in [-0.3, -0.25) is 9.53 Å². The Kier molecular flexibility index (Phi) is 10.0. The minimum Gasteiger partial charge on any atom is -0.490 e. The van der Waals surface area contributed by atoms with Gasteiger partial charge in [-0.15, -0.1) is 0 Å². The van der Waals surface area contributed by atoms with E-state index in [1.165, 1.54) is 6.92 Å². The van der Waals surface area contributed by atoms with Crippen molar-refractivity contribution in [3.63, 3.8) is 0 Å². The molecule has 4 aromatic rings. The van der Waals surface area contributed by atoms with E-state index >= 15 is 0 Å². The van der Waals surface area contributed by atoms with Gasteiger partial charge >= 0.3 is 35.3 Å². The number of rotatable bonds is 10. The molecule has 0 aliphatic heterocycles. The topological polar surface area (TPSA) is 128 Å². The maximum Gasteiger partial charge on any atom is 1.00 e. The number of nitrogens with one attached hydrogen (secondary N) is 1. The number of aliphatic hydroxyl groups excluding tert-OH is 1. The molecule has 0 saturated heterocycles. The van der Waals surface area contributed by atoms with Crippen LogP contribution in [-0.2, 0) is 13.1 Å². The summed E-state index contributed by atoms with van der Waals surface area (Å²) >= 11 is 0. The van der Waals surface area contributed by atoms with E-state index < -0.39 is 17.0 Å². The van der Waals surface area contributed by atoms with Crippen molar-refractivity contribution in [2.45, 2.75) is 46.4 Å². The van der Waals surface area contributed by atoms with E-state index in [0.717, 1.165) is 49.4 Å². The van der Waals surface area contributed by atoms with Crippen LogP contribution in [-0.4, -0.2) is 33.8 Å². The fourth-order valence-corrected chi connectivity index (χ4v) is 4.34. The molecule has 1 heterocycles. The molecule has 4 rings (SSSR count). The number of aryl methyl sites for hydroxylation is 2. The fraction of sp³-hybridized carbons (Fsp3) is 0.310. The molecule has 1 atom stereocenters. The number of hydrogen-bond acceptors (Lipinski definition) is 7. The van der Waals surface area contributed by atoms with Gasteiger partial charge in [0, 0.05) is 18.8 Å². The first-order valence-electron chi connectivity index (χ1n) is 12.3. The third kappa shape index (κ3) is 7.52. The Morgan fingerprint density at radius 1 is 1.05 bits per heavy atom. The second-order valence-corrected chi connectivity index (χ2v) is 9.80. The Balaban J connectivity index is 0.00000420. The number of aromatic nitrogens is 2. The van der Waals surface area contributed by atoms with Crippen molar-refractivity contribution in [2.24, 2.45) is 0 Å². The summed E-state index contributed by atoms with van der Waals surface area (Å²) in [5.74, 6) is -0.245. The summed E-state index contributed by atoms with van der Waals surface area (Å²) in [7, 11) is 0. The van der Waals surface area contributed by atoms with Crippen molar-refractivity contribution < 1.29 is 49.0 Å². The van der Waals surface area contributed by atoms with E-state index in [1.807, 2.05) is 56.3 Å². The van der Waals surface area contributed by atoms with Gasteiger partial charge in [0.1, 0.15) is 18.0 Å². The van der Waals surface area contributed by atoms with Crippen LogP contribution < -0.4 is 56.0 Å². The maximum atomic E-state index is 11.6. The molecule has 0 amide bonds. The maximum absolute atomic E-state index is 11.6. The quantitative estimate of drug-likeness (QED) is 0.242. The minimum absolute atomic E-state index is 0. The van der Waals surface area contributed by atoms with Crippen LogP contribution in [0.1, 0.15) is 34.7 Å². The van der Waals surface area contributed by atoms with E-state index in [9.17, 15) is 19.8 Å². The van der Waals surface area contributed by atoms with E-state index in [-0.39, 0.29) is 49.3 Å². The molecule has 1 unspecified atom stereocenters. The third-order valence-electron chi connectivity index (χ3n) is 6.46. The Hall–Kier alpha value is -3.08. The molecule has 0 aliphatic rings. The normalized spacial score (nSPS) is 12.5. The second-order valence-electron chi connectivity index (χ2n) is 9.80. The summed E-state index contributed by atoms with van der Waals surface area (Å²) in [6.45, 7) is 8.10. The summed E-state index contributed by atoms with van der Waals surface area (Å²) in [4.78, 5) is 25.9. The van der Waals surface area contributed by atoms with Crippen molar-refractivity contribution in [1.29, 1.82) is 0 Å². The number of aliphatic hydroxyl groups is 2. The molecule has 0 bridgehead atoms. The Morgan fingerprint density at radius 3 is 2.31 bits per heavy atom. The van der Waals surface area contributed by atoms with Crippen LogP contribution in [0, 0.1) is 20.8 Å². The zero-order chi connectivity index (χ0) is 27.4. The zero-order valence-corrected chi connectivity index (χ0v) is 24.9. The SMILES string of the molecule is Cc1cc(OCC(C)(O)CO)cc(C)c1-c1cccc(CNc2ccc(Cn3oc(=O)[n-]c3=O)cc2)c1C.[Na+]. The molecule has 39 heavy (non-hydrogen) atoms. The van der Waals surface area contributed by atoms with E-state index in [0.29, 0.717) is 12.3 Å². The van der Waals surface area contributed by atoms with Crippen molar-refractivity contribution in [1.82, 2.24) is 9.72 Å². The standard InChI is InChI=1S/C29H33N3O6.Na/c1-18-12-24(37-17-29(4,36)16-33)13-19(2)26(18)25-7-5-6-22(20(25)3)14-30-23-10-8-21(9-11-23)15-32-27(34)31-28(35)38-32;/h5-13,30,33,36H,14-17H2,1-4H3,(H,31,34,35);/q;+1/p-1. The van der Waals surface area contributed by atoms with Gasteiger partial charge in [0.25, 0.3) is 0 Å². The first-order valence-corrected chi connectivity index (χ1v) is 12.3. The summed E-state index contributed by atoms with van der Waals surface area (Å²) in [5, 5.41) is 22.7. The van der Waals surface area contributed by atoms with Crippen LogP contribution in [0.4, 0.5) is 5.69 Å². The third-order valence-corrected chi connectivity index (χ3v) is 6.46. The molecule has 10 heteroatoms. The Morgan fingerprint density at radius 2 is 1.72 bits per heavy atom. The second kappa shape index (κ2) is 12.8. The van der Waals surface area contributed by atoms with Gasteiger partial charge in [0.2, 0.25) is 0 Å². The van der Waals surface area contributed by atoms with Crippen LogP contribution in [0.25, 0.3) is 11.1 Å². The molecule has 0 saturated carbocycles. The number of hydrogen-bond donors (Lipinski definition) is 3. The van der Waals surface area contributed by atoms with Crippen molar-refractivity contribution in [2.75, 3.05) is 18.5 Å². The minimum atomic E-state index is -1.29. The summed E-state index contributed by atoms with van der Waals surface area (Å²) in [6.07, 6.45) is 0. The van der Waals surface area contributed by atoms with Gasteiger partial charge in [-0.25, -0.2) is 4.79 Å². The van der Waals surface area contributed by atoms with E-state index in [4.69, 9.17) is 9.26 Å². The number of nitrogens with zero attached hydrogens (tertiary/aromatic N) is 2. The van der Waals surface area contributed by atoms with Crippen LogP contribution in [0.15, 0.2) is 68.7 Å². The molecule has 3 aromatic carbocycles. The van der Waals surface area contributed by atoms with Gasteiger partial charge in [-0.05, 0) is 90.9 Å². The van der Waals surface area contributed by atoms with Crippen molar-refractivity contribution >= 4 is 5.69 Å².